The van der Waals surface area contributed by atoms with E-state index in [0.717, 1.165) is 24.1 Å². The van der Waals surface area contributed by atoms with Crippen LogP contribution in [0.25, 0.3) is 0 Å². The second kappa shape index (κ2) is 3.06. The normalized spacial score (nSPS) is 19.9. The van der Waals surface area contributed by atoms with Gasteiger partial charge in [-0.05, 0) is 25.3 Å². The first-order chi connectivity index (χ1) is 6.99. The zero-order valence-corrected chi connectivity index (χ0v) is 8.90. The summed E-state index contributed by atoms with van der Waals surface area (Å²) in [5.41, 5.74) is 7.35. The molecule has 0 aliphatic heterocycles. The molecule has 0 bridgehead atoms. The molecule has 1 unspecified atom stereocenters. The third-order valence-electron chi connectivity index (χ3n) is 3.24. The van der Waals surface area contributed by atoms with Gasteiger partial charge >= 0.3 is 5.97 Å². The van der Waals surface area contributed by atoms with E-state index in [2.05, 4.69) is 5.10 Å². The third-order valence-corrected chi connectivity index (χ3v) is 3.24. The van der Waals surface area contributed by atoms with Crippen molar-refractivity contribution in [2.24, 2.45) is 12.8 Å². The highest BCUT2D eigenvalue weighted by molar-refractivity contribution is 5.76. The van der Waals surface area contributed by atoms with E-state index >= 15 is 0 Å². The summed E-state index contributed by atoms with van der Waals surface area (Å²) < 4.78 is 1.74. The van der Waals surface area contributed by atoms with Gasteiger partial charge in [-0.25, -0.2) is 0 Å². The zero-order valence-electron chi connectivity index (χ0n) is 8.90. The topological polar surface area (TPSA) is 81.1 Å². The van der Waals surface area contributed by atoms with Gasteiger partial charge in [0.05, 0.1) is 6.20 Å². The summed E-state index contributed by atoms with van der Waals surface area (Å²) in [6, 6.07) is -0.827. The van der Waals surface area contributed by atoms with Crippen LogP contribution in [0.1, 0.15) is 24.1 Å². The van der Waals surface area contributed by atoms with Crippen molar-refractivity contribution in [1.82, 2.24) is 9.78 Å². The van der Waals surface area contributed by atoms with E-state index in [4.69, 9.17) is 10.8 Å². The number of aromatic nitrogens is 2. The molecule has 3 N–H and O–H groups in total. The Hall–Kier alpha value is -1.36. The highest BCUT2D eigenvalue weighted by atomic mass is 16.4. The quantitative estimate of drug-likeness (QED) is 0.743. The van der Waals surface area contributed by atoms with Gasteiger partial charge in [-0.1, -0.05) is 0 Å². The van der Waals surface area contributed by atoms with Crippen LogP contribution in [0.15, 0.2) is 6.20 Å². The molecule has 1 aromatic rings. The van der Waals surface area contributed by atoms with Gasteiger partial charge in [0.2, 0.25) is 0 Å². The van der Waals surface area contributed by atoms with Crippen LogP contribution >= 0.6 is 0 Å². The predicted molar refractivity (Wildman–Crippen MR) is 54.5 cm³/mol. The number of nitrogens with two attached hydrogens (primary N) is 1. The summed E-state index contributed by atoms with van der Waals surface area (Å²) in [5.74, 6) is -0.937. The molecule has 15 heavy (non-hydrogen) atoms. The molecule has 0 saturated heterocycles. The number of carboxylic acid groups (broad SMARTS) is 1. The number of rotatable bonds is 3. The largest absolute Gasteiger partial charge is 0.480 e. The first kappa shape index (κ1) is 10.2. The molecule has 82 valence electrons. The first-order valence-corrected chi connectivity index (χ1v) is 4.96. The van der Waals surface area contributed by atoms with Gasteiger partial charge in [0.25, 0.3) is 0 Å². The highest BCUT2D eigenvalue weighted by Crippen LogP contribution is 2.51. The molecule has 1 fully saturated rings. The minimum atomic E-state index is -0.937. The van der Waals surface area contributed by atoms with E-state index < -0.39 is 12.0 Å². The second-order valence-electron chi connectivity index (χ2n) is 4.27. The number of nitrogens with zero attached hydrogens (tertiary/aromatic N) is 2. The zero-order chi connectivity index (χ0) is 11.2. The standard InChI is InChI=1S/C10H15N3O2/c1-6-5-12-13(2)8(6)10(3-4-10)7(11)9(14)15/h5,7H,3-4,11H2,1-2H3,(H,14,15). The van der Waals surface area contributed by atoms with Crippen LogP contribution < -0.4 is 5.73 Å². The second-order valence-corrected chi connectivity index (χ2v) is 4.27. The molecule has 1 aliphatic rings. The molecule has 0 spiro atoms. The first-order valence-electron chi connectivity index (χ1n) is 4.96. The smallest absolute Gasteiger partial charge is 0.321 e. The summed E-state index contributed by atoms with van der Waals surface area (Å²) in [4.78, 5) is 10.9. The van der Waals surface area contributed by atoms with Gasteiger partial charge in [0, 0.05) is 18.2 Å². The van der Waals surface area contributed by atoms with E-state index in [1.54, 1.807) is 10.9 Å². The van der Waals surface area contributed by atoms with Crippen molar-refractivity contribution < 1.29 is 9.90 Å². The summed E-state index contributed by atoms with van der Waals surface area (Å²) in [5, 5.41) is 13.1. The van der Waals surface area contributed by atoms with Crippen molar-refractivity contribution in [3.05, 3.63) is 17.5 Å². The average molecular weight is 209 g/mol. The number of carbonyl (C=O) groups is 1. The molecule has 2 rings (SSSR count). The number of aliphatic carboxylic acids is 1. The van der Waals surface area contributed by atoms with Gasteiger partial charge < -0.3 is 10.8 Å². The molecule has 0 amide bonds. The van der Waals surface area contributed by atoms with Gasteiger partial charge in [-0.15, -0.1) is 0 Å². The number of hydrogen-bond acceptors (Lipinski definition) is 3. The van der Waals surface area contributed by atoms with E-state index in [9.17, 15) is 4.79 Å². The van der Waals surface area contributed by atoms with Crippen molar-refractivity contribution in [2.45, 2.75) is 31.2 Å². The van der Waals surface area contributed by atoms with Crippen LogP contribution in [0.3, 0.4) is 0 Å². The summed E-state index contributed by atoms with van der Waals surface area (Å²) in [6.45, 7) is 1.94. The molecule has 1 atom stereocenters. The lowest BCUT2D eigenvalue weighted by atomic mass is 9.91. The Labute approximate surface area is 87.9 Å². The van der Waals surface area contributed by atoms with Crippen molar-refractivity contribution in [3.8, 4) is 0 Å². The Balaban J connectivity index is 2.43. The van der Waals surface area contributed by atoms with Crippen LogP contribution in [-0.4, -0.2) is 26.9 Å². The fourth-order valence-electron chi connectivity index (χ4n) is 2.33. The fourth-order valence-corrected chi connectivity index (χ4v) is 2.33. The van der Waals surface area contributed by atoms with E-state index in [-0.39, 0.29) is 5.41 Å². The maximum Gasteiger partial charge on any atom is 0.321 e. The number of hydrogen-bond donors (Lipinski definition) is 2. The number of carboxylic acids is 1. The van der Waals surface area contributed by atoms with Crippen molar-refractivity contribution >= 4 is 5.97 Å². The monoisotopic (exact) mass is 209 g/mol. The third kappa shape index (κ3) is 1.34. The van der Waals surface area contributed by atoms with Gasteiger partial charge in [0.1, 0.15) is 6.04 Å². The Kier molecular flexibility index (Phi) is 2.08. The molecule has 0 aromatic carbocycles. The Bertz CT molecular complexity index is 387. The Morgan fingerprint density at radius 3 is 2.67 bits per heavy atom. The molecule has 5 heteroatoms. The predicted octanol–water partition coefficient (Wildman–Crippen LogP) is 0.172. The highest BCUT2D eigenvalue weighted by Gasteiger charge is 2.54. The average Bonchev–Trinajstić information content (AvgIpc) is 2.89. The minimum Gasteiger partial charge on any atom is -0.480 e. The summed E-state index contributed by atoms with van der Waals surface area (Å²) in [6.07, 6.45) is 3.42. The van der Waals surface area contributed by atoms with Crippen LogP contribution in [-0.2, 0) is 17.3 Å². The lowest BCUT2D eigenvalue weighted by molar-refractivity contribution is -0.139. The van der Waals surface area contributed by atoms with E-state index in [0.29, 0.717) is 0 Å². The van der Waals surface area contributed by atoms with Crippen molar-refractivity contribution in [3.63, 3.8) is 0 Å². The lowest BCUT2D eigenvalue weighted by Gasteiger charge is -2.21. The van der Waals surface area contributed by atoms with Crippen LogP contribution in [0.4, 0.5) is 0 Å². The van der Waals surface area contributed by atoms with E-state index in [1.165, 1.54) is 0 Å². The molecule has 1 aliphatic carbocycles. The molecule has 5 nitrogen and oxygen atoms in total. The van der Waals surface area contributed by atoms with Gasteiger partial charge in [-0.3, -0.25) is 9.48 Å². The van der Waals surface area contributed by atoms with Crippen LogP contribution in [0, 0.1) is 6.92 Å². The fraction of sp³-hybridized carbons (Fsp3) is 0.600. The molecule has 1 aromatic heterocycles. The van der Waals surface area contributed by atoms with Gasteiger partial charge in [0.15, 0.2) is 0 Å². The molecular formula is C10H15N3O2. The minimum absolute atomic E-state index is 0.388. The maximum atomic E-state index is 10.9. The summed E-state index contributed by atoms with van der Waals surface area (Å²) in [7, 11) is 1.83. The van der Waals surface area contributed by atoms with Crippen LogP contribution in [0.2, 0.25) is 0 Å². The Morgan fingerprint density at radius 2 is 2.33 bits per heavy atom. The number of aryl methyl sites for hydroxylation is 2. The van der Waals surface area contributed by atoms with Crippen molar-refractivity contribution in [1.29, 1.82) is 0 Å². The molecular weight excluding hydrogens is 194 g/mol. The lowest BCUT2D eigenvalue weighted by Crippen LogP contribution is -2.43. The molecule has 0 radical (unpaired) electrons. The van der Waals surface area contributed by atoms with Crippen LogP contribution in [0.5, 0.6) is 0 Å². The molecule has 1 saturated carbocycles. The SMILES string of the molecule is Cc1cnn(C)c1C1(C(N)C(=O)O)CC1. The maximum absolute atomic E-state index is 10.9. The molecule has 1 heterocycles. The summed E-state index contributed by atoms with van der Waals surface area (Å²) >= 11 is 0. The van der Waals surface area contributed by atoms with E-state index in [1.807, 2.05) is 14.0 Å². The van der Waals surface area contributed by atoms with Crippen molar-refractivity contribution in [2.75, 3.05) is 0 Å². The van der Waals surface area contributed by atoms with Gasteiger partial charge in [-0.2, -0.15) is 5.10 Å². The Morgan fingerprint density at radius 1 is 1.73 bits per heavy atom.